The number of phenols is 1. The van der Waals surface area contributed by atoms with Crippen LogP contribution in [0.1, 0.15) is 43.7 Å². The molecule has 1 saturated heterocycles. The molecule has 1 aliphatic heterocycles. The van der Waals surface area contributed by atoms with Gasteiger partial charge in [-0.05, 0) is 55.0 Å². The highest BCUT2D eigenvalue weighted by Crippen LogP contribution is 2.37. The molecular weight excluding hydrogens is 370 g/mol. The smallest absolute Gasteiger partial charge is 0.120 e. The Labute approximate surface area is 162 Å². The number of aliphatic hydroxyl groups is 1. The van der Waals surface area contributed by atoms with E-state index in [4.69, 9.17) is 12.2 Å². The summed E-state index contributed by atoms with van der Waals surface area (Å²) in [5, 5.41) is 20.0. The van der Waals surface area contributed by atoms with Crippen molar-refractivity contribution in [2.75, 3.05) is 13.1 Å². The van der Waals surface area contributed by atoms with E-state index in [2.05, 4.69) is 17.9 Å². The van der Waals surface area contributed by atoms with Gasteiger partial charge in [-0.15, -0.1) is 0 Å². The molecule has 0 atom stereocenters. The molecule has 0 aliphatic carbocycles. The van der Waals surface area contributed by atoms with Gasteiger partial charge in [-0.25, -0.2) is 0 Å². The van der Waals surface area contributed by atoms with Crippen molar-refractivity contribution in [3.05, 3.63) is 33.1 Å². The summed E-state index contributed by atoms with van der Waals surface area (Å²) in [5.41, 5.74) is 3.41. The van der Waals surface area contributed by atoms with Gasteiger partial charge in [-0.1, -0.05) is 46.2 Å². The molecule has 1 aromatic carbocycles. The number of phenolic OH excluding ortho intramolecular Hbond substituents is 1. The zero-order valence-electron chi connectivity index (χ0n) is 14.5. The quantitative estimate of drug-likeness (QED) is 0.520. The summed E-state index contributed by atoms with van der Waals surface area (Å²) < 4.78 is 1.01. The number of nitrogens with zero attached hydrogens (tertiary/aromatic N) is 1. The highest BCUT2D eigenvalue weighted by molar-refractivity contribution is 7.80. The lowest BCUT2D eigenvalue weighted by atomic mass is 10.0. The minimum atomic E-state index is -0.171. The normalized spacial score (nSPS) is 16.4. The second-order valence-electron chi connectivity index (χ2n) is 6.72. The largest absolute Gasteiger partial charge is 0.508 e. The number of rotatable bonds is 6. The molecule has 3 rings (SSSR count). The zero-order chi connectivity index (χ0) is 17.8. The van der Waals surface area contributed by atoms with Crippen LogP contribution >= 0.6 is 32.9 Å². The van der Waals surface area contributed by atoms with Crippen molar-refractivity contribution < 1.29 is 10.2 Å². The summed E-state index contributed by atoms with van der Waals surface area (Å²) in [6, 6.07) is 5.92. The number of aromatic hydroxyl groups is 1. The molecule has 0 unspecified atom stereocenters. The molecule has 1 aromatic heterocycles. The lowest BCUT2D eigenvalue weighted by molar-refractivity contribution is 0.0789. The van der Waals surface area contributed by atoms with Crippen LogP contribution in [-0.4, -0.2) is 34.3 Å². The first-order valence-electron chi connectivity index (χ1n) is 8.93. The van der Waals surface area contributed by atoms with Gasteiger partial charge in [0.1, 0.15) is 9.57 Å². The number of hydrogen-bond acceptors (Lipinski definition) is 6. The van der Waals surface area contributed by atoms with Crippen molar-refractivity contribution in [1.82, 2.24) is 4.90 Å². The highest BCUT2D eigenvalue weighted by atomic mass is 32.9. The summed E-state index contributed by atoms with van der Waals surface area (Å²) in [5.74, 6) is 0.351. The van der Waals surface area contributed by atoms with Crippen LogP contribution in [0.2, 0.25) is 0 Å². The minimum Gasteiger partial charge on any atom is -0.508 e. The Bertz CT molecular complexity index is 760. The third-order valence-corrected chi connectivity index (χ3v) is 7.99. The van der Waals surface area contributed by atoms with Crippen LogP contribution in [0.25, 0.3) is 10.4 Å². The second kappa shape index (κ2) is 8.73. The number of benzene rings is 1. The van der Waals surface area contributed by atoms with Gasteiger partial charge in [0.15, 0.2) is 0 Å². The number of unbranched alkanes of at least 4 members (excludes halogenated alkanes) is 1. The van der Waals surface area contributed by atoms with Crippen LogP contribution in [0, 0.1) is 3.82 Å². The van der Waals surface area contributed by atoms with Gasteiger partial charge in [0.25, 0.3) is 0 Å². The Balaban J connectivity index is 1.83. The number of hydrogen-bond donors (Lipinski definition) is 2. The Kier molecular flexibility index (Phi) is 6.63. The molecule has 0 amide bonds. The van der Waals surface area contributed by atoms with Crippen molar-refractivity contribution in [1.29, 1.82) is 0 Å². The molecule has 1 fully saturated rings. The van der Waals surface area contributed by atoms with E-state index in [0.717, 1.165) is 66.7 Å². The average molecular weight is 396 g/mol. The van der Waals surface area contributed by atoms with Crippen LogP contribution in [0.3, 0.4) is 0 Å². The van der Waals surface area contributed by atoms with E-state index in [1.165, 1.54) is 10.4 Å². The van der Waals surface area contributed by atoms with E-state index in [1.807, 2.05) is 6.07 Å². The van der Waals surface area contributed by atoms with Gasteiger partial charge < -0.3 is 10.2 Å². The molecule has 2 heterocycles. The van der Waals surface area contributed by atoms with Gasteiger partial charge in [0.2, 0.25) is 0 Å². The molecule has 2 aromatic rings. The van der Waals surface area contributed by atoms with E-state index < -0.39 is 0 Å². The average Bonchev–Trinajstić information content (AvgIpc) is 2.97. The van der Waals surface area contributed by atoms with E-state index in [-0.39, 0.29) is 6.10 Å². The Morgan fingerprint density at radius 3 is 2.72 bits per heavy atom. The molecule has 0 bridgehead atoms. The minimum absolute atomic E-state index is 0.171. The maximum absolute atomic E-state index is 10.3. The standard InChI is InChI=1S/C19H25NO2S3/c1-2-3-4-16-18(24-25-19(16)23)13-5-6-17(22)14(11-13)12-20-9-7-15(21)8-10-20/h5-6,11,15,21-22H,2-4,7-10,12H2,1H3. The maximum atomic E-state index is 10.3. The summed E-state index contributed by atoms with van der Waals surface area (Å²) in [7, 11) is 3.43. The maximum Gasteiger partial charge on any atom is 0.120 e. The van der Waals surface area contributed by atoms with Gasteiger partial charge in [0, 0.05) is 25.2 Å². The van der Waals surface area contributed by atoms with Crippen molar-refractivity contribution in [3.63, 3.8) is 0 Å². The van der Waals surface area contributed by atoms with E-state index >= 15 is 0 Å². The van der Waals surface area contributed by atoms with Crippen molar-refractivity contribution >= 4 is 32.9 Å². The van der Waals surface area contributed by atoms with E-state index in [0.29, 0.717) is 5.75 Å². The Morgan fingerprint density at radius 1 is 1.24 bits per heavy atom. The van der Waals surface area contributed by atoms with Crippen LogP contribution in [-0.2, 0) is 13.0 Å². The molecule has 1 aliphatic rings. The van der Waals surface area contributed by atoms with Gasteiger partial charge in [0.05, 0.1) is 11.0 Å². The Hall–Kier alpha value is -0.790. The van der Waals surface area contributed by atoms with Crippen molar-refractivity contribution in [2.45, 2.75) is 51.7 Å². The summed E-state index contributed by atoms with van der Waals surface area (Å²) >= 11 is 5.53. The fraction of sp³-hybridized carbons (Fsp3) is 0.526. The van der Waals surface area contributed by atoms with Crippen LogP contribution in [0.5, 0.6) is 5.75 Å². The number of aliphatic hydroxyl groups excluding tert-OH is 1. The zero-order valence-corrected chi connectivity index (χ0v) is 17.0. The predicted molar refractivity (Wildman–Crippen MR) is 109 cm³/mol. The second-order valence-corrected chi connectivity index (χ2v) is 9.53. The molecule has 0 saturated carbocycles. The van der Waals surface area contributed by atoms with Gasteiger partial charge in [-0.2, -0.15) is 0 Å². The third-order valence-electron chi connectivity index (χ3n) is 4.79. The summed E-state index contributed by atoms with van der Waals surface area (Å²) in [6.45, 7) is 4.69. The van der Waals surface area contributed by atoms with E-state index in [9.17, 15) is 10.2 Å². The fourth-order valence-electron chi connectivity index (χ4n) is 3.24. The highest BCUT2D eigenvalue weighted by Gasteiger charge is 2.19. The predicted octanol–water partition coefficient (Wildman–Crippen LogP) is 5.21. The van der Waals surface area contributed by atoms with Crippen LogP contribution in [0.4, 0.5) is 0 Å². The van der Waals surface area contributed by atoms with Crippen LogP contribution < -0.4 is 0 Å². The Morgan fingerprint density at radius 2 is 2.00 bits per heavy atom. The van der Waals surface area contributed by atoms with Crippen molar-refractivity contribution in [2.24, 2.45) is 0 Å². The molecular formula is C19H25NO2S3. The van der Waals surface area contributed by atoms with Gasteiger partial charge >= 0.3 is 0 Å². The SMILES string of the molecule is CCCCc1c(-c2ccc(O)c(CN3CCC(O)CC3)c2)ssc1=S. The molecule has 2 N–H and O–H groups in total. The molecule has 6 heteroatoms. The number of piperidine rings is 1. The fourth-order valence-corrected chi connectivity index (χ4v) is 6.24. The van der Waals surface area contributed by atoms with E-state index in [1.54, 1.807) is 26.7 Å². The van der Waals surface area contributed by atoms with Crippen molar-refractivity contribution in [3.8, 4) is 16.2 Å². The van der Waals surface area contributed by atoms with Crippen LogP contribution in [0.15, 0.2) is 18.2 Å². The third kappa shape index (κ3) is 4.68. The first kappa shape index (κ1) is 19.0. The molecule has 136 valence electrons. The summed E-state index contributed by atoms with van der Waals surface area (Å²) in [6.07, 6.45) is 4.80. The van der Waals surface area contributed by atoms with Gasteiger partial charge in [-0.3, -0.25) is 4.90 Å². The lowest BCUT2D eigenvalue weighted by Gasteiger charge is -2.29. The monoisotopic (exact) mass is 395 g/mol. The molecule has 3 nitrogen and oxygen atoms in total. The molecule has 0 radical (unpaired) electrons. The lowest BCUT2D eigenvalue weighted by Crippen LogP contribution is -2.35. The number of likely N-dealkylation sites (tertiary alicyclic amines) is 1. The molecule has 25 heavy (non-hydrogen) atoms. The summed E-state index contributed by atoms with van der Waals surface area (Å²) in [4.78, 5) is 3.57. The molecule has 0 spiro atoms. The first-order valence-corrected chi connectivity index (χ1v) is 11.5. The first-order chi connectivity index (χ1) is 12.1. The topological polar surface area (TPSA) is 43.7 Å².